The molecule has 7 atom stereocenters. The van der Waals surface area contributed by atoms with Gasteiger partial charge in [-0.25, -0.2) is 0 Å². The maximum atomic E-state index is 13.1. The molecule has 0 spiro atoms. The van der Waals surface area contributed by atoms with Gasteiger partial charge in [-0.05, 0) is 96.3 Å². The van der Waals surface area contributed by atoms with E-state index < -0.39 is 49.5 Å². The zero-order chi connectivity index (χ0) is 53.6. The molecule has 7 unspecified atom stereocenters. The van der Waals surface area contributed by atoms with Crippen LogP contribution in [0.1, 0.15) is 226 Å². The summed E-state index contributed by atoms with van der Waals surface area (Å²) in [5, 5.41) is 54.5. The molecule has 6 N–H and O–H groups in total. The van der Waals surface area contributed by atoms with Gasteiger partial charge in [-0.3, -0.25) is 4.79 Å². The lowest BCUT2D eigenvalue weighted by atomic mass is 9.99. The van der Waals surface area contributed by atoms with E-state index in [1.807, 2.05) is 6.08 Å². The van der Waals surface area contributed by atoms with Gasteiger partial charge in [-0.1, -0.05) is 245 Å². The Hall–Kier alpha value is -3.41. The van der Waals surface area contributed by atoms with Crippen molar-refractivity contribution in [2.75, 3.05) is 13.2 Å². The molecule has 74 heavy (non-hydrogen) atoms. The summed E-state index contributed by atoms with van der Waals surface area (Å²) in [5.74, 6) is -0.206. The Morgan fingerprint density at radius 3 is 1.30 bits per heavy atom. The summed E-state index contributed by atoms with van der Waals surface area (Å²) in [4.78, 5) is 13.1. The highest BCUT2D eigenvalue weighted by Gasteiger charge is 2.44. The number of unbranched alkanes of at least 4 members (excludes halogenated alkanes) is 21. The molecule has 1 aliphatic rings. The van der Waals surface area contributed by atoms with E-state index in [-0.39, 0.29) is 12.5 Å². The molecular formula is C65H109NO8. The largest absolute Gasteiger partial charge is 0.394 e. The molecule has 0 bridgehead atoms. The minimum absolute atomic E-state index is 0.206. The van der Waals surface area contributed by atoms with Crippen molar-refractivity contribution in [3.63, 3.8) is 0 Å². The van der Waals surface area contributed by atoms with Gasteiger partial charge < -0.3 is 40.3 Å². The maximum absolute atomic E-state index is 13.1. The number of aliphatic hydroxyl groups excluding tert-OH is 5. The number of carbonyl (C=O) groups is 1. The van der Waals surface area contributed by atoms with E-state index in [9.17, 15) is 30.3 Å². The summed E-state index contributed by atoms with van der Waals surface area (Å²) >= 11 is 0. The second-order valence-electron chi connectivity index (χ2n) is 20.0. The van der Waals surface area contributed by atoms with Crippen LogP contribution < -0.4 is 5.32 Å². The highest BCUT2D eigenvalue weighted by atomic mass is 16.7. The third-order valence-electron chi connectivity index (χ3n) is 13.3. The Kier molecular flexibility index (Phi) is 49.1. The van der Waals surface area contributed by atoms with Gasteiger partial charge in [0.15, 0.2) is 6.29 Å². The minimum Gasteiger partial charge on any atom is -0.394 e. The highest BCUT2D eigenvalue weighted by Crippen LogP contribution is 2.23. The van der Waals surface area contributed by atoms with Crippen molar-refractivity contribution in [3.05, 3.63) is 122 Å². The summed E-state index contributed by atoms with van der Waals surface area (Å²) in [6.45, 7) is 3.64. The molecule has 0 radical (unpaired) electrons. The van der Waals surface area contributed by atoms with Crippen molar-refractivity contribution in [1.82, 2.24) is 5.32 Å². The zero-order valence-electron chi connectivity index (χ0n) is 46.8. The van der Waals surface area contributed by atoms with Crippen molar-refractivity contribution in [1.29, 1.82) is 0 Å². The molecule has 0 saturated carbocycles. The summed E-state index contributed by atoms with van der Waals surface area (Å²) < 4.78 is 11.3. The van der Waals surface area contributed by atoms with Crippen LogP contribution in [0.2, 0.25) is 0 Å². The molecule has 1 amide bonds. The second kappa shape index (κ2) is 53.0. The van der Waals surface area contributed by atoms with Gasteiger partial charge in [0.25, 0.3) is 0 Å². The Morgan fingerprint density at radius 2 is 0.851 bits per heavy atom. The van der Waals surface area contributed by atoms with E-state index in [4.69, 9.17) is 9.47 Å². The third-order valence-corrected chi connectivity index (χ3v) is 13.3. The van der Waals surface area contributed by atoms with E-state index in [2.05, 4.69) is 129 Å². The van der Waals surface area contributed by atoms with Crippen molar-refractivity contribution in [2.24, 2.45) is 0 Å². The zero-order valence-corrected chi connectivity index (χ0v) is 46.8. The fraction of sp³-hybridized carbons (Fsp3) is 0.677. The van der Waals surface area contributed by atoms with Crippen LogP contribution in [0.5, 0.6) is 0 Å². The second-order valence-corrected chi connectivity index (χ2v) is 20.0. The van der Waals surface area contributed by atoms with Crippen molar-refractivity contribution in [2.45, 2.75) is 269 Å². The topological polar surface area (TPSA) is 149 Å². The van der Waals surface area contributed by atoms with Gasteiger partial charge in [-0.2, -0.15) is 0 Å². The van der Waals surface area contributed by atoms with Crippen LogP contribution in [0.3, 0.4) is 0 Å². The summed E-state index contributed by atoms with van der Waals surface area (Å²) in [6.07, 6.45) is 72.6. The average Bonchev–Trinajstić information content (AvgIpc) is 3.40. The lowest BCUT2D eigenvalue weighted by Crippen LogP contribution is -2.60. The molecule has 1 aliphatic heterocycles. The molecule has 0 aromatic heterocycles. The fourth-order valence-electron chi connectivity index (χ4n) is 8.60. The molecule has 1 saturated heterocycles. The normalized spacial score (nSPS) is 19.9. The number of amides is 1. The number of rotatable bonds is 49. The highest BCUT2D eigenvalue weighted by molar-refractivity contribution is 5.76. The van der Waals surface area contributed by atoms with E-state index in [1.165, 1.54) is 89.9 Å². The van der Waals surface area contributed by atoms with Gasteiger partial charge in [0.2, 0.25) is 5.91 Å². The summed E-state index contributed by atoms with van der Waals surface area (Å²) in [6, 6.07) is -0.840. The first-order valence-electron chi connectivity index (χ1n) is 29.8. The number of allylic oxidation sites excluding steroid dienone is 19. The van der Waals surface area contributed by atoms with E-state index in [1.54, 1.807) is 6.08 Å². The average molecular weight is 1030 g/mol. The van der Waals surface area contributed by atoms with Gasteiger partial charge in [0, 0.05) is 6.42 Å². The number of aliphatic hydroxyl groups is 5. The Balaban J connectivity index is 2.27. The van der Waals surface area contributed by atoms with E-state index in [0.29, 0.717) is 6.42 Å². The molecule has 9 nitrogen and oxygen atoms in total. The van der Waals surface area contributed by atoms with Crippen molar-refractivity contribution < 1.29 is 39.8 Å². The lowest BCUT2D eigenvalue weighted by molar-refractivity contribution is -0.302. The Bertz CT molecular complexity index is 1570. The first kappa shape index (κ1) is 68.6. The van der Waals surface area contributed by atoms with Crippen molar-refractivity contribution >= 4 is 5.91 Å². The number of carbonyl (C=O) groups excluding carboxylic acids is 1. The molecule has 0 aliphatic carbocycles. The smallest absolute Gasteiger partial charge is 0.220 e. The predicted octanol–water partition coefficient (Wildman–Crippen LogP) is 15.1. The quantitative estimate of drug-likeness (QED) is 0.0261. The van der Waals surface area contributed by atoms with Crippen LogP contribution in [0, 0.1) is 0 Å². The first-order valence-corrected chi connectivity index (χ1v) is 29.8. The predicted molar refractivity (Wildman–Crippen MR) is 313 cm³/mol. The standard InChI is InChI=1S/C65H109NO8/c1-3-5-7-9-11-13-15-17-19-21-23-25-26-27-28-29-30-31-32-33-34-35-37-39-41-43-45-47-49-51-53-55-61(69)66-58(57-73-65-64(72)63(71)62(70)60(56-67)74-65)59(68)54-52-50-48-46-44-42-40-38-36-24-22-20-18-16-14-12-10-8-6-4-2/h5,7,11,13,17,19,23,25,27-28,30-31,33-34,37,39,44,46,52,54,58-60,62-65,67-68,70-72H,3-4,6,8-10,12,14-16,18,20-22,24,26,29,32,35-36,38,40-43,45,47-51,53,55-57H2,1-2H3,(H,66,69)/b7-5-,13-11-,19-17-,25-23-,28-27-,31-30-,34-33-,39-37-,46-44+,54-52+. The van der Waals surface area contributed by atoms with Crippen LogP contribution >= 0.6 is 0 Å². The van der Waals surface area contributed by atoms with E-state index in [0.717, 1.165) is 116 Å². The van der Waals surface area contributed by atoms with Crippen LogP contribution in [0.4, 0.5) is 0 Å². The molecule has 1 heterocycles. The number of hydrogen-bond donors (Lipinski definition) is 6. The molecule has 0 aromatic rings. The number of nitrogens with one attached hydrogen (secondary N) is 1. The Labute approximate surface area is 452 Å². The van der Waals surface area contributed by atoms with Gasteiger partial charge in [0.05, 0.1) is 25.4 Å². The van der Waals surface area contributed by atoms with Crippen LogP contribution in [0.25, 0.3) is 0 Å². The van der Waals surface area contributed by atoms with Crippen LogP contribution in [0.15, 0.2) is 122 Å². The SMILES string of the molecule is CC/C=C\C/C=C\C/C=C\C/C=C\C/C=C\C/C=C\C/C=C\C/C=C\CCCCCCCCC(=O)NC(COC1OC(CO)C(O)C(O)C1O)C(O)/C=C/CC/C=C/CCCCCCCCCCCCCCCC. The van der Waals surface area contributed by atoms with Crippen LogP contribution in [-0.4, -0.2) is 87.5 Å². The van der Waals surface area contributed by atoms with E-state index >= 15 is 0 Å². The molecule has 422 valence electrons. The molecule has 0 aromatic carbocycles. The van der Waals surface area contributed by atoms with Gasteiger partial charge in [0.1, 0.15) is 24.4 Å². The molecule has 1 fully saturated rings. The minimum atomic E-state index is -1.58. The van der Waals surface area contributed by atoms with Gasteiger partial charge in [-0.15, -0.1) is 0 Å². The monoisotopic (exact) mass is 1030 g/mol. The lowest BCUT2D eigenvalue weighted by Gasteiger charge is -2.40. The fourth-order valence-corrected chi connectivity index (χ4v) is 8.60. The summed E-state index contributed by atoms with van der Waals surface area (Å²) in [7, 11) is 0. The van der Waals surface area contributed by atoms with Gasteiger partial charge >= 0.3 is 0 Å². The molecule has 9 heteroatoms. The summed E-state index contributed by atoms with van der Waals surface area (Å²) in [5.41, 5.74) is 0. The van der Waals surface area contributed by atoms with Crippen LogP contribution in [-0.2, 0) is 14.3 Å². The Morgan fingerprint density at radius 1 is 0.473 bits per heavy atom. The first-order chi connectivity index (χ1) is 36.3. The number of ether oxygens (including phenoxy) is 2. The molecule has 1 rings (SSSR count). The molecular weight excluding hydrogens is 923 g/mol. The maximum Gasteiger partial charge on any atom is 0.220 e. The number of hydrogen-bond acceptors (Lipinski definition) is 8. The van der Waals surface area contributed by atoms with Crippen molar-refractivity contribution in [3.8, 4) is 0 Å². The third kappa shape index (κ3) is 41.8.